The molecule has 0 radical (unpaired) electrons. The Morgan fingerprint density at radius 1 is 0.447 bits per heavy atom. The molecule has 0 aliphatic carbocycles. The molecule has 4 rings (SSSR count). The van der Waals surface area contributed by atoms with Gasteiger partial charge in [-0.3, -0.25) is 9.98 Å². The van der Waals surface area contributed by atoms with Crippen molar-refractivity contribution in [3.8, 4) is 11.5 Å². The Morgan fingerprint density at radius 2 is 0.816 bits per heavy atom. The number of hydrogen-bond acceptors (Lipinski definition) is 4. The van der Waals surface area contributed by atoms with Crippen molar-refractivity contribution < 1.29 is 10.2 Å². The van der Waals surface area contributed by atoms with Gasteiger partial charge in [0.25, 0.3) is 0 Å². The second-order valence-electron chi connectivity index (χ2n) is 10.0. The van der Waals surface area contributed by atoms with Crippen LogP contribution in [0.25, 0.3) is 21.5 Å². The fraction of sp³-hybridized carbons (Fsp3) is 0.353. The second-order valence-corrected chi connectivity index (χ2v) is 10.0. The Labute approximate surface area is 226 Å². The summed E-state index contributed by atoms with van der Waals surface area (Å²) in [6, 6.07) is 23.6. The summed E-state index contributed by atoms with van der Waals surface area (Å²) in [7, 11) is 0. The van der Waals surface area contributed by atoms with Gasteiger partial charge in [-0.25, -0.2) is 0 Å². The van der Waals surface area contributed by atoms with E-state index in [1.165, 1.54) is 51.4 Å². The van der Waals surface area contributed by atoms with Crippen LogP contribution in [0.5, 0.6) is 11.5 Å². The lowest BCUT2D eigenvalue weighted by Gasteiger charge is -2.05. The maximum absolute atomic E-state index is 10.2. The second kappa shape index (κ2) is 14.9. The molecule has 0 saturated heterocycles. The smallest absolute Gasteiger partial charge is 0.124 e. The van der Waals surface area contributed by atoms with Gasteiger partial charge in [0.1, 0.15) is 11.5 Å². The van der Waals surface area contributed by atoms with E-state index < -0.39 is 0 Å². The van der Waals surface area contributed by atoms with Gasteiger partial charge < -0.3 is 10.2 Å². The van der Waals surface area contributed by atoms with Gasteiger partial charge in [0.15, 0.2) is 0 Å². The van der Waals surface area contributed by atoms with Crippen LogP contribution in [-0.2, 0) is 0 Å². The Balaban J connectivity index is 1.01. The van der Waals surface area contributed by atoms with Gasteiger partial charge >= 0.3 is 0 Å². The maximum Gasteiger partial charge on any atom is 0.124 e. The number of hydrogen-bond donors (Lipinski definition) is 2. The van der Waals surface area contributed by atoms with Crippen LogP contribution in [0.15, 0.2) is 82.8 Å². The van der Waals surface area contributed by atoms with E-state index in [2.05, 4.69) is 22.1 Å². The van der Waals surface area contributed by atoms with Crippen LogP contribution in [-0.4, -0.2) is 35.7 Å². The van der Waals surface area contributed by atoms with E-state index in [1.807, 2.05) is 61.0 Å². The van der Waals surface area contributed by atoms with Crippen LogP contribution < -0.4 is 0 Å². The zero-order valence-corrected chi connectivity index (χ0v) is 22.4. The van der Waals surface area contributed by atoms with E-state index >= 15 is 0 Å². The molecule has 38 heavy (non-hydrogen) atoms. The van der Waals surface area contributed by atoms with Crippen molar-refractivity contribution in [2.75, 3.05) is 13.1 Å². The number of nitrogens with zero attached hydrogens (tertiary/aromatic N) is 2. The monoisotopic (exact) mass is 508 g/mol. The Kier molecular flexibility index (Phi) is 10.8. The molecule has 0 spiro atoms. The van der Waals surface area contributed by atoms with Crippen LogP contribution in [0.1, 0.15) is 75.3 Å². The molecule has 0 aromatic heterocycles. The number of unbranched alkanes of at least 4 members (excludes halogenated alkanes) is 9. The number of fused-ring (bicyclic) bond motifs is 2. The van der Waals surface area contributed by atoms with Crippen LogP contribution in [0.3, 0.4) is 0 Å². The first-order valence-corrected chi connectivity index (χ1v) is 14.1. The summed E-state index contributed by atoms with van der Waals surface area (Å²) in [6.45, 7) is 1.62. The van der Waals surface area contributed by atoms with Crippen LogP contribution >= 0.6 is 0 Å². The van der Waals surface area contributed by atoms with Crippen LogP contribution in [0.4, 0.5) is 0 Å². The zero-order chi connectivity index (χ0) is 26.4. The molecular formula is C34H40N2O2. The molecule has 4 nitrogen and oxygen atoms in total. The molecule has 4 heteroatoms. The minimum absolute atomic E-state index is 0.293. The number of phenolic OH excluding ortho intramolecular Hbond substituents is 2. The Hall–Kier alpha value is -3.66. The molecule has 4 aromatic carbocycles. The summed E-state index contributed by atoms with van der Waals surface area (Å²) in [5, 5.41) is 24.7. The predicted octanol–water partition coefficient (Wildman–Crippen LogP) is 8.84. The van der Waals surface area contributed by atoms with Gasteiger partial charge in [0.05, 0.1) is 0 Å². The maximum atomic E-state index is 10.2. The van der Waals surface area contributed by atoms with E-state index in [9.17, 15) is 10.2 Å². The minimum Gasteiger partial charge on any atom is -0.507 e. The summed E-state index contributed by atoms with van der Waals surface area (Å²) in [4.78, 5) is 9.14. The average Bonchev–Trinajstić information content (AvgIpc) is 2.94. The van der Waals surface area contributed by atoms with Crippen molar-refractivity contribution >= 4 is 34.0 Å². The fourth-order valence-corrected chi connectivity index (χ4v) is 4.97. The molecular weight excluding hydrogens is 468 g/mol. The Morgan fingerprint density at radius 3 is 1.24 bits per heavy atom. The molecule has 198 valence electrons. The number of rotatable bonds is 15. The zero-order valence-electron chi connectivity index (χ0n) is 22.4. The summed E-state index contributed by atoms with van der Waals surface area (Å²) in [6.07, 6.45) is 16.0. The lowest BCUT2D eigenvalue weighted by Crippen LogP contribution is -1.89. The predicted molar refractivity (Wildman–Crippen MR) is 162 cm³/mol. The lowest BCUT2D eigenvalue weighted by molar-refractivity contribution is 0.475. The van der Waals surface area contributed by atoms with Crippen molar-refractivity contribution in [2.24, 2.45) is 9.98 Å². The van der Waals surface area contributed by atoms with Gasteiger partial charge in [-0.05, 0) is 46.5 Å². The van der Waals surface area contributed by atoms with Gasteiger partial charge in [0, 0.05) is 36.6 Å². The molecule has 2 N–H and O–H groups in total. The van der Waals surface area contributed by atoms with Crippen molar-refractivity contribution in [1.82, 2.24) is 0 Å². The van der Waals surface area contributed by atoms with Crippen LogP contribution in [0, 0.1) is 0 Å². The number of phenols is 2. The van der Waals surface area contributed by atoms with Gasteiger partial charge in [0.2, 0.25) is 0 Å². The van der Waals surface area contributed by atoms with Gasteiger partial charge in [-0.2, -0.15) is 0 Å². The quantitative estimate of drug-likeness (QED) is 0.124. The standard InChI is InChI=1S/C34H40N2O2/c37-33-21-19-27-15-9-11-17-29(27)31(33)25-35-23-13-7-5-3-1-2-4-6-8-14-24-36-26-32-30-18-12-10-16-28(30)20-22-34(32)38/h9-12,15-22,25-26,37-38H,1-8,13-14,23-24H2. The van der Waals surface area contributed by atoms with E-state index in [1.54, 1.807) is 12.1 Å². The van der Waals surface area contributed by atoms with E-state index in [-0.39, 0.29) is 0 Å². The summed E-state index contributed by atoms with van der Waals surface area (Å²) in [5.41, 5.74) is 1.64. The van der Waals surface area contributed by atoms with E-state index in [4.69, 9.17) is 0 Å². The van der Waals surface area contributed by atoms with Crippen molar-refractivity contribution in [3.63, 3.8) is 0 Å². The van der Waals surface area contributed by atoms with Crippen molar-refractivity contribution in [1.29, 1.82) is 0 Å². The summed E-state index contributed by atoms with van der Waals surface area (Å²) in [5.74, 6) is 0.586. The molecule has 0 fully saturated rings. The largest absolute Gasteiger partial charge is 0.507 e. The van der Waals surface area contributed by atoms with Gasteiger partial charge in [-0.15, -0.1) is 0 Å². The highest BCUT2D eigenvalue weighted by atomic mass is 16.3. The van der Waals surface area contributed by atoms with E-state index in [0.717, 1.165) is 58.6 Å². The van der Waals surface area contributed by atoms with Crippen LogP contribution in [0.2, 0.25) is 0 Å². The SMILES string of the molecule is Oc1ccc2ccccc2c1C=NCCCCCCCCCCCCN=Cc1c(O)ccc2ccccc12. The van der Waals surface area contributed by atoms with Crippen molar-refractivity contribution in [3.05, 3.63) is 83.9 Å². The summed E-state index contributed by atoms with van der Waals surface area (Å²) < 4.78 is 0. The molecule has 0 aliphatic heterocycles. The molecule has 0 aliphatic rings. The lowest BCUT2D eigenvalue weighted by atomic mass is 10.0. The molecule has 0 bridgehead atoms. The number of aromatic hydroxyl groups is 2. The molecule has 4 aromatic rings. The van der Waals surface area contributed by atoms with E-state index in [0.29, 0.717) is 11.5 Å². The first-order chi connectivity index (χ1) is 18.7. The third-order valence-corrected chi connectivity index (χ3v) is 7.16. The molecule has 0 amide bonds. The van der Waals surface area contributed by atoms with Gasteiger partial charge in [-0.1, -0.05) is 112 Å². The molecule has 0 heterocycles. The third kappa shape index (κ3) is 7.92. The molecule has 0 atom stereocenters. The van der Waals surface area contributed by atoms with Crippen molar-refractivity contribution in [2.45, 2.75) is 64.2 Å². The normalized spacial score (nSPS) is 11.9. The minimum atomic E-state index is 0.293. The topological polar surface area (TPSA) is 65.2 Å². The third-order valence-electron chi connectivity index (χ3n) is 7.16. The first kappa shape index (κ1) is 27.4. The highest BCUT2D eigenvalue weighted by Gasteiger charge is 2.05. The number of benzene rings is 4. The fourth-order valence-electron chi connectivity index (χ4n) is 4.97. The Bertz CT molecular complexity index is 1250. The molecule has 0 saturated carbocycles. The summed E-state index contributed by atoms with van der Waals surface area (Å²) >= 11 is 0. The highest BCUT2D eigenvalue weighted by molar-refractivity contribution is 6.03. The number of aliphatic imine (C=N–C) groups is 2. The first-order valence-electron chi connectivity index (χ1n) is 14.1. The highest BCUT2D eigenvalue weighted by Crippen LogP contribution is 2.26. The molecule has 0 unspecified atom stereocenters. The average molecular weight is 509 g/mol.